The van der Waals surface area contributed by atoms with Crippen LogP contribution in [0.2, 0.25) is 0 Å². The summed E-state index contributed by atoms with van der Waals surface area (Å²) in [6.45, 7) is 8.48. The Morgan fingerprint density at radius 1 is 1.08 bits per heavy atom. The van der Waals surface area contributed by atoms with Crippen LogP contribution in [0.1, 0.15) is 53.4 Å². The summed E-state index contributed by atoms with van der Waals surface area (Å²) in [5, 5.41) is 0. The Morgan fingerprint density at radius 3 is 1.69 bits per heavy atom. The lowest BCUT2D eigenvalue weighted by atomic mass is 10.1. The van der Waals surface area contributed by atoms with Gasteiger partial charge in [0.15, 0.2) is 0 Å². The summed E-state index contributed by atoms with van der Waals surface area (Å²) in [5.41, 5.74) is 0. The van der Waals surface area contributed by atoms with Gasteiger partial charge < -0.3 is 4.90 Å². The largest absolute Gasteiger partial charge is 0.329 e. The van der Waals surface area contributed by atoms with Gasteiger partial charge in [0.25, 0.3) is 0 Å². The summed E-state index contributed by atoms with van der Waals surface area (Å²) in [5.74, 6) is 0. The van der Waals surface area contributed by atoms with Crippen molar-refractivity contribution in [2.75, 3.05) is 0 Å². The number of rotatable bonds is 7. The van der Waals surface area contributed by atoms with E-state index in [0.29, 0.717) is 12.1 Å². The van der Waals surface area contributed by atoms with E-state index >= 15 is 0 Å². The Morgan fingerprint density at radius 2 is 1.46 bits per heavy atom. The van der Waals surface area contributed by atoms with Gasteiger partial charge in [0.1, 0.15) is 0 Å². The zero-order valence-electron chi connectivity index (χ0n) is 9.34. The minimum atomic E-state index is 0.337. The summed E-state index contributed by atoms with van der Waals surface area (Å²) < 4.78 is 0. The molecule has 2 unspecified atom stereocenters. The van der Waals surface area contributed by atoms with Crippen LogP contribution in [-0.2, 0) is 4.79 Å². The molecular formula is C11H22NO. The fourth-order valence-corrected chi connectivity index (χ4v) is 1.73. The van der Waals surface area contributed by atoms with Crippen molar-refractivity contribution in [3.05, 3.63) is 0 Å². The first-order valence-corrected chi connectivity index (χ1v) is 5.33. The van der Waals surface area contributed by atoms with Gasteiger partial charge in [0.2, 0.25) is 0 Å². The van der Waals surface area contributed by atoms with Crippen molar-refractivity contribution in [3.63, 3.8) is 0 Å². The average Bonchev–Trinajstić information content (AvgIpc) is 2.06. The van der Waals surface area contributed by atoms with Crippen LogP contribution in [0.3, 0.4) is 0 Å². The van der Waals surface area contributed by atoms with E-state index in [0.717, 1.165) is 25.7 Å². The minimum absolute atomic E-state index is 0.337. The highest BCUT2D eigenvalue weighted by Crippen LogP contribution is 2.11. The maximum Gasteiger partial charge on any atom is 0.312 e. The first-order valence-electron chi connectivity index (χ1n) is 5.33. The molecular weight excluding hydrogens is 162 g/mol. The van der Waals surface area contributed by atoms with E-state index in [2.05, 4.69) is 34.1 Å². The lowest BCUT2D eigenvalue weighted by Crippen LogP contribution is -2.38. The SMILES string of the molecule is CCCC(C)N([C]=O)C(C)CCC. The zero-order chi connectivity index (χ0) is 10.3. The van der Waals surface area contributed by atoms with Crippen molar-refractivity contribution in [2.45, 2.75) is 65.5 Å². The van der Waals surface area contributed by atoms with Crippen molar-refractivity contribution in [1.29, 1.82) is 0 Å². The van der Waals surface area contributed by atoms with Gasteiger partial charge in [0.05, 0.1) is 0 Å². The van der Waals surface area contributed by atoms with E-state index < -0.39 is 0 Å². The fraction of sp³-hybridized carbons (Fsp3) is 0.909. The van der Waals surface area contributed by atoms with E-state index in [1.54, 1.807) is 0 Å². The molecule has 13 heavy (non-hydrogen) atoms. The number of hydrogen-bond donors (Lipinski definition) is 0. The smallest absolute Gasteiger partial charge is 0.312 e. The highest BCUT2D eigenvalue weighted by Gasteiger charge is 2.17. The lowest BCUT2D eigenvalue weighted by Gasteiger charge is -2.29. The third-order valence-corrected chi connectivity index (χ3v) is 2.47. The van der Waals surface area contributed by atoms with Crippen molar-refractivity contribution in [3.8, 4) is 0 Å². The van der Waals surface area contributed by atoms with Crippen molar-refractivity contribution >= 4 is 6.41 Å². The lowest BCUT2D eigenvalue weighted by molar-refractivity contribution is 0.227. The van der Waals surface area contributed by atoms with E-state index in [1.807, 2.05) is 4.90 Å². The van der Waals surface area contributed by atoms with Gasteiger partial charge in [0, 0.05) is 12.1 Å². The van der Waals surface area contributed by atoms with Crippen LogP contribution in [0.4, 0.5) is 0 Å². The Hall–Kier alpha value is -0.530. The van der Waals surface area contributed by atoms with Crippen LogP contribution >= 0.6 is 0 Å². The monoisotopic (exact) mass is 184 g/mol. The van der Waals surface area contributed by atoms with Crippen molar-refractivity contribution in [2.24, 2.45) is 0 Å². The molecule has 1 amide bonds. The molecule has 2 nitrogen and oxygen atoms in total. The first-order chi connectivity index (χ1) is 6.17. The Bertz CT molecular complexity index is 124. The quantitative estimate of drug-likeness (QED) is 0.557. The molecule has 77 valence electrons. The van der Waals surface area contributed by atoms with Crippen LogP contribution in [0, 0.1) is 0 Å². The molecule has 2 heteroatoms. The van der Waals surface area contributed by atoms with Gasteiger partial charge in [-0.05, 0) is 26.7 Å². The normalized spacial score (nSPS) is 15.1. The molecule has 0 aliphatic rings. The standard InChI is InChI=1S/C11H22NO/c1-5-7-10(3)12(9-13)11(4)8-6-2/h10-11H,5-8H2,1-4H3. The van der Waals surface area contributed by atoms with Gasteiger partial charge >= 0.3 is 6.41 Å². The molecule has 0 N–H and O–H groups in total. The van der Waals surface area contributed by atoms with Crippen molar-refractivity contribution in [1.82, 2.24) is 4.90 Å². The third-order valence-electron chi connectivity index (χ3n) is 2.47. The van der Waals surface area contributed by atoms with Gasteiger partial charge in [-0.1, -0.05) is 26.7 Å². The molecule has 0 aliphatic heterocycles. The molecule has 0 heterocycles. The molecule has 0 aromatic heterocycles. The first kappa shape index (κ1) is 12.5. The van der Waals surface area contributed by atoms with Crippen LogP contribution < -0.4 is 0 Å². The molecule has 0 aliphatic carbocycles. The second kappa shape index (κ2) is 6.93. The van der Waals surface area contributed by atoms with Crippen molar-refractivity contribution < 1.29 is 4.79 Å². The van der Waals surface area contributed by atoms with Gasteiger partial charge in [-0.2, -0.15) is 0 Å². The highest BCUT2D eigenvalue weighted by molar-refractivity contribution is 5.49. The van der Waals surface area contributed by atoms with E-state index in [-0.39, 0.29) is 0 Å². The topological polar surface area (TPSA) is 20.3 Å². The van der Waals surface area contributed by atoms with Gasteiger partial charge in [-0.15, -0.1) is 0 Å². The van der Waals surface area contributed by atoms with Crippen LogP contribution in [0.5, 0.6) is 0 Å². The molecule has 2 atom stereocenters. The van der Waals surface area contributed by atoms with E-state index in [1.165, 1.54) is 0 Å². The zero-order valence-corrected chi connectivity index (χ0v) is 9.34. The summed E-state index contributed by atoms with van der Waals surface area (Å²) in [7, 11) is 0. The highest BCUT2D eigenvalue weighted by atomic mass is 16.1. The maximum absolute atomic E-state index is 10.7. The minimum Gasteiger partial charge on any atom is -0.329 e. The molecule has 1 radical (unpaired) electrons. The maximum atomic E-state index is 10.7. The van der Waals surface area contributed by atoms with Crippen LogP contribution in [0.25, 0.3) is 0 Å². The molecule has 0 bridgehead atoms. The Labute approximate surface area is 82.3 Å². The Kier molecular flexibility index (Phi) is 6.65. The average molecular weight is 184 g/mol. The van der Waals surface area contributed by atoms with Crippen LogP contribution in [-0.4, -0.2) is 23.4 Å². The molecule has 0 fully saturated rings. The second-order valence-corrected chi connectivity index (χ2v) is 3.77. The molecule has 0 saturated carbocycles. The molecule has 0 aromatic carbocycles. The number of carbonyl (C=O) groups excluding carboxylic acids is 1. The molecule has 0 aromatic rings. The second-order valence-electron chi connectivity index (χ2n) is 3.77. The van der Waals surface area contributed by atoms with Crippen LogP contribution in [0.15, 0.2) is 0 Å². The third kappa shape index (κ3) is 4.30. The number of amides is 1. The summed E-state index contributed by atoms with van der Waals surface area (Å²) in [6, 6.07) is 0.674. The van der Waals surface area contributed by atoms with Gasteiger partial charge in [-0.25, -0.2) is 0 Å². The summed E-state index contributed by atoms with van der Waals surface area (Å²) in [4.78, 5) is 12.6. The molecule has 0 saturated heterocycles. The number of hydrogen-bond acceptors (Lipinski definition) is 1. The molecule has 0 rings (SSSR count). The predicted octanol–water partition coefficient (Wildman–Crippen LogP) is 2.73. The fourth-order valence-electron chi connectivity index (χ4n) is 1.73. The Balaban J connectivity index is 4.05. The van der Waals surface area contributed by atoms with E-state index in [4.69, 9.17) is 0 Å². The number of nitrogens with zero attached hydrogens (tertiary/aromatic N) is 1. The summed E-state index contributed by atoms with van der Waals surface area (Å²) in [6.07, 6.45) is 6.45. The summed E-state index contributed by atoms with van der Waals surface area (Å²) >= 11 is 0. The van der Waals surface area contributed by atoms with Gasteiger partial charge in [-0.3, -0.25) is 4.79 Å². The molecule has 0 spiro atoms. The van der Waals surface area contributed by atoms with E-state index in [9.17, 15) is 4.79 Å². The predicted molar refractivity (Wildman–Crippen MR) is 56.3 cm³/mol.